The molecule has 0 aliphatic rings. The van der Waals surface area contributed by atoms with Crippen molar-refractivity contribution in [1.82, 2.24) is 0 Å². The fourth-order valence-electron chi connectivity index (χ4n) is 1.99. The molecule has 0 radical (unpaired) electrons. The van der Waals surface area contributed by atoms with Crippen LogP contribution in [0.2, 0.25) is 5.02 Å². The Morgan fingerprint density at radius 2 is 1.72 bits per heavy atom. The first-order chi connectivity index (χ1) is 8.74. The Kier molecular flexibility index (Phi) is 2.82. The summed E-state index contributed by atoms with van der Waals surface area (Å²) in [7, 11) is 0. The Morgan fingerprint density at radius 3 is 2.44 bits per heavy atom. The molecule has 2 aromatic carbocycles. The van der Waals surface area contributed by atoms with Gasteiger partial charge in [-0.25, -0.2) is 0 Å². The van der Waals surface area contributed by atoms with Crippen LogP contribution in [0.5, 0.6) is 0 Å². The summed E-state index contributed by atoms with van der Waals surface area (Å²) in [6.07, 6.45) is 0. The molecule has 2 N–H and O–H groups in total. The lowest BCUT2D eigenvalue weighted by molar-refractivity contribution is 0.525. The van der Waals surface area contributed by atoms with Crippen LogP contribution in [0.1, 0.15) is 17.4 Å². The van der Waals surface area contributed by atoms with Gasteiger partial charge in [0.2, 0.25) is 0 Å². The SMILES string of the molecule is NC(c1ccc(Cl)cc1)c1cc2ccccc2o1. The van der Waals surface area contributed by atoms with Gasteiger partial charge in [0, 0.05) is 10.4 Å². The van der Waals surface area contributed by atoms with Crippen LogP contribution >= 0.6 is 11.6 Å². The van der Waals surface area contributed by atoms with Crippen LogP contribution < -0.4 is 5.73 Å². The molecule has 0 saturated heterocycles. The Hall–Kier alpha value is -1.77. The van der Waals surface area contributed by atoms with Gasteiger partial charge in [0.1, 0.15) is 11.3 Å². The summed E-state index contributed by atoms with van der Waals surface area (Å²) >= 11 is 5.86. The second-order valence-corrected chi connectivity index (χ2v) is 4.65. The molecule has 0 aliphatic heterocycles. The van der Waals surface area contributed by atoms with Crippen LogP contribution in [0.15, 0.2) is 59.0 Å². The molecule has 3 heteroatoms. The summed E-state index contributed by atoms with van der Waals surface area (Å²) in [5, 5.41) is 1.77. The van der Waals surface area contributed by atoms with E-state index in [2.05, 4.69) is 0 Å². The Morgan fingerprint density at radius 1 is 1.00 bits per heavy atom. The number of halogens is 1. The van der Waals surface area contributed by atoms with Gasteiger partial charge in [-0.2, -0.15) is 0 Å². The molecule has 1 aromatic heterocycles. The first kappa shape index (κ1) is 11.3. The summed E-state index contributed by atoms with van der Waals surface area (Å²) in [6.45, 7) is 0. The summed E-state index contributed by atoms with van der Waals surface area (Å²) < 4.78 is 5.76. The average molecular weight is 258 g/mol. The molecule has 0 spiro atoms. The fourth-order valence-corrected chi connectivity index (χ4v) is 2.12. The zero-order chi connectivity index (χ0) is 12.5. The van der Waals surface area contributed by atoms with E-state index >= 15 is 0 Å². The topological polar surface area (TPSA) is 39.2 Å². The normalized spacial score (nSPS) is 12.8. The van der Waals surface area contributed by atoms with Crippen molar-refractivity contribution in [3.05, 3.63) is 70.9 Å². The third-order valence-corrected chi connectivity index (χ3v) is 3.23. The van der Waals surface area contributed by atoms with Gasteiger partial charge in [-0.05, 0) is 29.8 Å². The van der Waals surface area contributed by atoms with Crippen molar-refractivity contribution in [2.24, 2.45) is 5.73 Å². The Labute approximate surface area is 110 Å². The largest absolute Gasteiger partial charge is 0.459 e. The number of hydrogen-bond donors (Lipinski definition) is 1. The van der Waals surface area contributed by atoms with Crippen molar-refractivity contribution in [3.63, 3.8) is 0 Å². The van der Waals surface area contributed by atoms with Crippen LogP contribution in [0, 0.1) is 0 Å². The van der Waals surface area contributed by atoms with E-state index in [0.29, 0.717) is 5.02 Å². The molecule has 0 fully saturated rings. The quantitative estimate of drug-likeness (QED) is 0.750. The standard InChI is InChI=1S/C15H12ClNO/c16-12-7-5-10(6-8-12)15(17)14-9-11-3-1-2-4-13(11)18-14/h1-9,15H,17H2. The molecule has 2 nitrogen and oxygen atoms in total. The molecule has 3 aromatic rings. The fraction of sp³-hybridized carbons (Fsp3) is 0.0667. The van der Waals surface area contributed by atoms with Gasteiger partial charge in [0.05, 0.1) is 6.04 Å². The lowest BCUT2D eigenvalue weighted by Gasteiger charge is -2.08. The van der Waals surface area contributed by atoms with Crippen LogP contribution in [0.25, 0.3) is 11.0 Å². The minimum Gasteiger partial charge on any atom is -0.459 e. The summed E-state index contributed by atoms with van der Waals surface area (Å²) in [5.41, 5.74) is 8.04. The van der Waals surface area contributed by atoms with Gasteiger partial charge < -0.3 is 10.2 Å². The molecular weight excluding hydrogens is 246 g/mol. The number of para-hydroxylation sites is 1. The molecule has 90 valence electrons. The van der Waals surface area contributed by atoms with Crippen LogP contribution in [0.4, 0.5) is 0 Å². The first-order valence-electron chi connectivity index (χ1n) is 5.73. The highest BCUT2D eigenvalue weighted by Gasteiger charge is 2.13. The third kappa shape index (κ3) is 2.01. The molecule has 0 amide bonds. The molecule has 1 atom stereocenters. The lowest BCUT2D eigenvalue weighted by Crippen LogP contribution is -2.10. The van der Waals surface area contributed by atoms with Gasteiger partial charge in [-0.15, -0.1) is 0 Å². The van der Waals surface area contributed by atoms with E-state index in [9.17, 15) is 0 Å². The number of nitrogens with two attached hydrogens (primary N) is 1. The number of fused-ring (bicyclic) bond motifs is 1. The van der Waals surface area contributed by atoms with Gasteiger partial charge in [0.15, 0.2) is 0 Å². The van der Waals surface area contributed by atoms with E-state index in [4.69, 9.17) is 21.8 Å². The van der Waals surface area contributed by atoms with Gasteiger partial charge >= 0.3 is 0 Å². The third-order valence-electron chi connectivity index (χ3n) is 2.98. The van der Waals surface area contributed by atoms with Gasteiger partial charge in [-0.1, -0.05) is 41.9 Å². The van der Waals surface area contributed by atoms with Crippen molar-refractivity contribution in [2.75, 3.05) is 0 Å². The van der Waals surface area contributed by atoms with E-state index in [0.717, 1.165) is 22.3 Å². The zero-order valence-electron chi connectivity index (χ0n) is 9.64. The maximum absolute atomic E-state index is 6.19. The Balaban J connectivity index is 2.00. The van der Waals surface area contributed by atoms with Crippen molar-refractivity contribution in [3.8, 4) is 0 Å². The van der Waals surface area contributed by atoms with Gasteiger partial charge in [-0.3, -0.25) is 0 Å². The van der Waals surface area contributed by atoms with Crippen LogP contribution in [-0.4, -0.2) is 0 Å². The van der Waals surface area contributed by atoms with E-state index in [-0.39, 0.29) is 6.04 Å². The minimum atomic E-state index is -0.269. The summed E-state index contributed by atoms with van der Waals surface area (Å²) in [6, 6.07) is 17.1. The first-order valence-corrected chi connectivity index (χ1v) is 6.11. The highest BCUT2D eigenvalue weighted by molar-refractivity contribution is 6.30. The molecule has 0 aliphatic carbocycles. The van der Waals surface area contributed by atoms with Crippen LogP contribution in [0.3, 0.4) is 0 Å². The van der Waals surface area contributed by atoms with Crippen molar-refractivity contribution in [1.29, 1.82) is 0 Å². The van der Waals surface area contributed by atoms with Gasteiger partial charge in [0.25, 0.3) is 0 Å². The number of hydrogen-bond acceptors (Lipinski definition) is 2. The maximum Gasteiger partial charge on any atom is 0.134 e. The predicted octanol–water partition coefficient (Wildman–Crippen LogP) is 4.13. The van der Waals surface area contributed by atoms with Crippen molar-refractivity contribution < 1.29 is 4.42 Å². The molecule has 0 saturated carbocycles. The van der Waals surface area contributed by atoms with Crippen molar-refractivity contribution in [2.45, 2.75) is 6.04 Å². The number of furan rings is 1. The van der Waals surface area contributed by atoms with E-state index < -0.39 is 0 Å². The second kappa shape index (κ2) is 4.48. The minimum absolute atomic E-state index is 0.269. The highest BCUT2D eigenvalue weighted by Crippen LogP contribution is 2.27. The summed E-state index contributed by atoms with van der Waals surface area (Å²) in [4.78, 5) is 0. The smallest absolute Gasteiger partial charge is 0.134 e. The van der Waals surface area contributed by atoms with E-state index in [1.165, 1.54) is 0 Å². The van der Waals surface area contributed by atoms with E-state index in [1.807, 2.05) is 54.6 Å². The molecule has 1 heterocycles. The monoisotopic (exact) mass is 257 g/mol. The highest BCUT2D eigenvalue weighted by atomic mass is 35.5. The average Bonchev–Trinajstić information content (AvgIpc) is 2.82. The van der Waals surface area contributed by atoms with E-state index in [1.54, 1.807) is 0 Å². The molecular formula is C15H12ClNO. The van der Waals surface area contributed by atoms with Crippen molar-refractivity contribution >= 4 is 22.6 Å². The lowest BCUT2D eigenvalue weighted by atomic mass is 10.1. The zero-order valence-corrected chi connectivity index (χ0v) is 10.4. The maximum atomic E-state index is 6.19. The predicted molar refractivity (Wildman–Crippen MR) is 73.7 cm³/mol. The number of rotatable bonds is 2. The number of benzene rings is 2. The molecule has 3 rings (SSSR count). The molecule has 0 bridgehead atoms. The molecule has 1 unspecified atom stereocenters. The second-order valence-electron chi connectivity index (χ2n) is 4.22. The Bertz CT molecular complexity index is 639. The molecule has 18 heavy (non-hydrogen) atoms. The van der Waals surface area contributed by atoms with Crippen LogP contribution in [-0.2, 0) is 0 Å². The summed E-state index contributed by atoms with van der Waals surface area (Å²) in [5.74, 6) is 0.763.